The maximum atomic E-state index is 11.9. The summed E-state index contributed by atoms with van der Waals surface area (Å²) < 4.78 is 0. The van der Waals surface area contributed by atoms with Crippen LogP contribution in [0.25, 0.3) is 0 Å². The number of nitrogens with one attached hydrogen (secondary N) is 1. The fraction of sp³-hybridized carbons (Fsp3) is 0.467. The Hall–Kier alpha value is -1.68. The summed E-state index contributed by atoms with van der Waals surface area (Å²) in [5.74, 6) is 0.413. The van der Waals surface area contributed by atoms with Gasteiger partial charge in [0.2, 0.25) is 5.91 Å². The first-order chi connectivity index (χ1) is 9.19. The van der Waals surface area contributed by atoms with Crippen LogP contribution in [0.1, 0.15) is 19.8 Å². The van der Waals surface area contributed by atoms with E-state index in [-0.39, 0.29) is 11.8 Å². The highest BCUT2D eigenvalue weighted by molar-refractivity contribution is 5.92. The standard InChI is InChI=1S/C15H20N2O2/c1-2-12-10-17(9-8-14(12)18)11-15(19)16-13-6-4-3-5-7-13/h3-7,12H,2,8-11H2,1H3,(H,16,19). The first-order valence-electron chi connectivity index (χ1n) is 6.79. The second kappa shape index (κ2) is 6.48. The molecule has 1 aliphatic rings. The van der Waals surface area contributed by atoms with Crippen molar-refractivity contribution in [1.29, 1.82) is 0 Å². The monoisotopic (exact) mass is 260 g/mol. The van der Waals surface area contributed by atoms with Gasteiger partial charge in [-0.3, -0.25) is 14.5 Å². The second-order valence-electron chi connectivity index (χ2n) is 4.97. The fourth-order valence-corrected chi connectivity index (χ4v) is 2.40. The first kappa shape index (κ1) is 13.7. The molecule has 1 aliphatic heterocycles. The van der Waals surface area contributed by atoms with Gasteiger partial charge in [0.1, 0.15) is 5.78 Å². The fourth-order valence-electron chi connectivity index (χ4n) is 2.40. The van der Waals surface area contributed by atoms with E-state index < -0.39 is 0 Å². The van der Waals surface area contributed by atoms with Gasteiger partial charge in [-0.1, -0.05) is 25.1 Å². The van der Waals surface area contributed by atoms with Gasteiger partial charge in [-0.15, -0.1) is 0 Å². The third-order valence-electron chi connectivity index (χ3n) is 3.53. The van der Waals surface area contributed by atoms with Crippen molar-refractivity contribution < 1.29 is 9.59 Å². The van der Waals surface area contributed by atoms with Crippen molar-refractivity contribution in [2.45, 2.75) is 19.8 Å². The summed E-state index contributed by atoms with van der Waals surface area (Å²) in [4.78, 5) is 25.6. The van der Waals surface area contributed by atoms with Crippen molar-refractivity contribution in [1.82, 2.24) is 4.90 Å². The SMILES string of the molecule is CCC1CN(CC(=O)Nc2ccccc2)CCC1=O. The minimum absolute atomic E-state index is 0.0181. The molecule has 102 valence electrons. The molecule has 2 rings (SSSR count). The summed E-state index contributed by atoms with van der Waals surface area (Å²) in [5, 5.41) is 2.87. The van der Waals surface area contributed by atoms with Crippen LogP contribution in [0.3, 0.4) is 0 Å². The zero-order valence-corrected chi connectivity index (χ0v) is 11.3. The number of Topliss-reactive ketones (excluding diaryl/α,β-unsaturated/α-hetero) is 1. The van der Waals surface area contributed by atoms with E-state index in [0.29, 0.717) is 31.8 Å². The van der Waals surface area contributed by atoms with Crippen LogP contribution in [-0.2, 0) is 9.59 Å². The molecule has 0 radical (unpaired) electrons. The van der Waals surface area contributed by atoms with Crippen LogP contribution in [0.4, 0.5) is 5.69 Å². The molecule has 0 aromatic heterocycles. The number of ketones is 1. The summed E-state index contributed by atoms with van der Waals surface area (Å²) in [6.07, 6.45) is 1.42. The molecule has 1 aromatic carbocycles. The summed E-state index contributed by atoms with van der Waals surface area (Å²) in [6, 6.07) is 9.43. The average molecular weight is 260 g/mol. The minimum atomic E-state index is -0.0181. The second-order valence-corrected chi connectivity index (χ2v) is 4.97. The molecule has 0 bridgehead atoms. The van der Waals surface area contributed by atoms with Gasteiger partial charge >= 0.3 is 0 Å². The topological polar surface area (TPSA) is 49.4 Å². The Labute approximate surface area is 113 Å². The molecule has 1 aromatic rings. The first-order valence-corrected chi connectivity index (χ1v) is 6.79. The van der Waals surface area contributed by atoms with Gasteiger partial charge in [-0.05, 0) is 18.6 Å². The van der Waals surface area contributed by atoms with Crippen LogP contribution in [0.2, 0.25) is 0 Å². The quantitative estimate of drug-likeness (QED) is 0.900. The Bertz CT molecular complexity index is 445. The number of nitrogens with zero attached hydrogens (tertiary/aromatic N) is 1. The van der Waals surface area contributed by atoms with Crippen LogP contribution in [0, 0.1) is 5.92 Å². The Morgan fingerprint density at radius 1 is 1.37 bits per heavy atom. The van der Waals surface area contributed by atoms with E-state index in [9.17, 15) is 9.59 Å². The highest BCUT2D eigenvalue weighted by atomic mass is 16.2. The van der Waals surface area contributed by atoms with Gasteiger partial charge in [0, 0.05) is 31.1 Å². The largest absolute Gasteiger partial charge is 0.325 e. The molecule has 0 saturated carbocycles. The normalized spacial score (nSPS) is 20.3. The number of likely N-dealkylation sites (tertiary alicyclic amines) is 1. The van der Waals surface area contributed by atoms with E-state index in [4.69, 9.17) is 0 Å². The molecule has 19 heavy (non-hydrogen) atoms. The molecule has 4 nitrogen and oxygen atoms in total. The van der Waals surface area contributed by atoms with Crippen LogP contribution in [0.15, 0.2) is 30.3 Å². The summed E-state index contributed by atoms with van der Waals surface area (Å²) in [6.45, 7) is 3.78. The summed E-state index contributed by atoms with van der Waals surface area (Å²) in [5.41, 5.74) is 0.813. The Kier molecular flexibility index (Phi) is 4.68. The number of anilines is 1. The average Bonchev–Trinajstić information content (AvgIpc) is 2.42. The Morgan fingerprint density at radius 3 is 2.79 bits per heavy atom. The lowest BCUT2D eigenvalue weighted by Crippen LogP contribution is -2.44. The number of piperidine rings is 1. The third kappa shape index (κ3) is 3.89. The number of carbonyl (C=O) groups is 2. The van der Waals surface area contributed by atoms with Crippen LogP contribution < -0.4 is 5.32 Å². The van der Waals surface area contributed by atoms with Gasteiger partial charge in [0.25, 0.3) is 0 Å². The molecular formula is C15H20N2O2. The van der Waals surface area contributed by atoms with Gasteiger partial charge in [-0.2, -0.15) is 0 Å². The number of benzene rings is 1. The lowest BCUT2D eigenvalue weighted by Gasteiger charge is -2.30. The van der Waals surface area contributed by atoms with Crippen molar-refractivity contribution in [2.75, 3.05) is 25.0 Å². The zero-order valence-electron chi connectivity index (χ0n) is 11.3. The Morgan fingerprint density at radius 2 is 2.11 bits per heavy atom. The van der Waals surface area contributed by atoms with Crippen molar-refractivity contribution in [3.63, 3.8) is 0 Å². The van der Waals surface area contributed by atoms with E-state index in [1.54, 1.807) is 0 Å². The number of carbonyl (C=O) groups excluding carboxylic acids is 2. The number of amides is 1. The number of hydrogen-bond acceptors (Lipinski definition) is 3. The van der Waals surface area contributed by atoms with Crippen molar-refractivity contribution >= 4 is 17.4 Å². The maximum absolute atomic E-state index is 11.9. The molecule has 1 unspecified atom stereocenters. The van der Waals surface area contributed by atoms with Crippen LogP contribution in [0.5, 0.6) is 0 Å². The van der Waals surface area contributed by atoms with E-state index in [0.717, 1.165) is 12.1 Å². The number of rotatable bonds is 4. The van der Waals surface area contributed by atoms with Crippen molar-refractivity contribution in [2.24, 2.45) is 5.92 Å². The Balaban J connectivity index is 1.84. The van der Waals surface area contributed by atoms with Gasteiger partial charge < -0.3 is 5.32 Å². The summed E-state index contributed by atoms with van der Waals surface area (Å²) in [7, 11) is 0. The predicted molar refractivity (Wildman–Crippen MR) is 74.9 cm³/mol. The van der Waals surface area contributed by atoms with E-state index in [2.05, 4.69) is 10.2 Å². The lowest BCUT2D eigenvalue weighted by molar-refractivity contribution is -0.128. The molecular weight excluding hydrogens is 240 g/mol. The number of para-hydroxylation sites is 1. The van der Waals surface area contributed by atoms with Crippen molar-refractivity contribution in [3.8, 4) is 0 Å². The third-order valence-corrected chi connectivity index (χ3v) is 3.53. The van der Waals surface area contributed by atoms with Crippen LogP contribution in [-0.4, -0.2) is 36.2 Å². The van der Waals surface area contributed by atoms with E-state index in [1.165, 1.54) is 0 Å². The predicted octanol–water partition coefficient (Wildman–Crippen LogP) is 1.93. The molecule has 1 amide bonds. The van der Waals surface area contributed by atoms with Crippen LogP contribution >= 0.6 is 0 Å². The molecule has 1 atom stereocenters. The molecule has 4 heteroatoms. The lowest BCUT2D eigenvalue weighted by atomic mass is 9.94. The molecule has 0 spiro atoms. The van der Waals surface area contributed by atoms with E-state index in [1.807, 2.05) is 37.3 Å². The number of hydrogen-bond donors (Lipinski definition) is 1. The highest BCUT2D eigenvalue weighted by Gasteiger charge is 2.26. The smallest absolute Gasteiger partial charge is 0.238 e. The summed E-state index contributed by atoms with van der Waals surface area (Å²) >= 11 is 0. The van der Waals surface area contributed by atoms with Gasteiger partial charge in [0.05, 0.1) is 6.54 Å². The zero-order chi connectivity index (χ0) is 13.7. The van der Waals surface area contributed by atoms with E-state index >= 15 is 0 Å². The molecule has 1 N–H and O–H groups in total. The van der Waals surface area contributed by atoms with Crippen molar-refractivity contribution in [3.05, 3.63) is 30.3 Å². The molecule has 1 fully saturated rings. The maximum Gasteiger partial charge on any atom is 0.238 e. The molecule has 0 aliphatic carbocycles. The highest BCUT2D eigenvalue weighted by Crippen LogP contribution is 2.16. The molecule has 1 heterocycles. The molecule has 1 saturated heterocycles. The van der Waals surface area contributed by atoms with Gasteiger partial charge in [-0.25, -0.2) is 0 Å². The van der Waals surface area contributed by atoms with Gasteiger partial charge in [0.15, 0.2) is 0 Å². The minimum Gasteiger partial charge on any atom is -0.325 e.